The average molecular weight is 484 g/mol. The summed E-state index contributed by atoms with van der Waals surface area (Å²) >= 11 is 6.27. The van der Waals surface area contributed by atoms with Crippen molar-refractivity contribution in [2.45, 2.75) is 20.4 Å². The molecule has 0 saturated heterocycles. The Kier molecular flexibility index (Phi) is 5.78. The quantitative estimate of drug-likeness (QED) is 0.244. The van der Waals surface area contributed by atoms with E-state index in [-0.39, 0.29) is 28.8 Å². The first kappa shape index (κ1) is 23.2. The highest BCUT2D eigenvalue weighted by atomic mass is 35.5. The number of halogens is 1. The van der Waals surface area contributed by atoms with Crippen LogP contribution in [0.4, 0.5) is 0 Å². The van der Waals surface area contributed by atoms with E-state index in [1.807, 2.05) is 18.4 Å². The number of esters is 1. The molecule has 4 rings (SSSR count). The van der Waals surface area contributed by atoms with Crippen LogP contribution in [0.2, 0.25) is 5.28 Å². The van der Waals surface area contributed by atoms with Gasteiger partial charge in [-0.3, -0.25) is 18.7 Å². The third kappa shape index (κ3) is 3.56. The number of aryl methyl sites for hydroxylation is 2. The molecule has 0 unspecified atom stereocenters. The first-order valence-electron chi connectivity index (χ1n) is 10.3. The second-order valence-electron chi connectivity index (χ2n) is 7.93. The van der Waals surface area contributed by atoms with Gasteiger partial charge in [0.25, 0.3) is 5.56 Å². The number of carbonyl (C=O) groups excluding carboxylic acids is 2. The Bertz CT molecular complexity index is 1590. The van der Waals surface area contributed by atoms with E-state index < -0.39 is 17.2 Å². The van der Waals surface area contributed by atoms with Gasteiger partial charge in [0, 0.05) is 36.7 Å². The Morgan fingerprint density at radius 3 is 2.32 bits per heavy atom. The molecule has 0 fully saturated rings. The Morgan fingerprint density at radius 1 is 1.06 bits per heavy atom. The van der Waals surface area contributed by atoms with Gasteiger partial charge in [0.15, 0.2) is 16.9 Å². The van der Waals surface area contributed by atoms with Gasteiger partial charge in [-0.2, -0.15) is 4.98 Å². The molecule has 176 valence electrons. The lowest BCUT2D eigenvalue weighted by molar-refractivity contribution is 0.0600. The maximum Gasteiger partial charge on any atom is 0.337 e. The fraction of sp³-hybridized carbons (Fsp3) is 0.261. The number of ether oxygens (including phenoxy) is 1. The number of rotatable bonds is 5. The molecule has 0 N–H and O–H groups in total. The van der Waals surface area contributed by atoms with Crippen molar-refractivity contribution in [1.82, 2.24) is 23.3 Å². The van der Waals surface area contributed by atoms with Crippen molar-refractivity contribution >= 4 is 34.5 Å². The van der Waals surface area contributed by atoms with Gasteiger partial charge >= 0.3 is 11.7 Å². The van der Waals surface area contributed by atoms with Crippen LogP contribution in [0.15, 0.2) is 39.9 Å². The topological polar surface area (TPSA) is 110 Å². The molecule has 0 aliphatic heterocycles. The summed E-state index contributed by atoms with van der Waals surface area (Å²) in [6, 6.07) is 8.60. The van der Waals surface area contributed by atoms with Gasteiger partial charge in [0.2, 0.25) is 5.28 Å². The fourth-order valence-corrected chi connectivity index (χ4v) is 4.32. The number of Topliss-reactive ketones (excluding diaryl/α,β-unsaturated/α-hetero) is 1. The van der Waals surface area contributed by atoms with Crippen LogP contribution < -0.4 is 11.2 Å². The van der Waals surface area contributed by atoms with Crippen LogP contribution in [0.5, 0.6) is 0 Å². The Balaban J connectivity index is 1.74. The number of hydrogen-bond donors (Lipinski definition) is 0. The van der Waals surface area contributed by atoms with E-state index in [1.54, 1.807) is 30.3 Å². The second kappa shape index (κ2) is 8.45. The lowest BCUT2D eigenvalue weighted by atomic mass is 10.1. The summed E-state index contributed by atoms with van der Waals surface area (Å²) in [5.74, 6) is -0.709. The minimum atomic E-state index is -0.582. The van der Waals surface area contributed by atoms with Gasteiger partial charge < -0.3 is 13.9 Å². The number of imidazole rings is 1. The molecule has 0 aliphatic carbocycles. The lowest BCUT2D eigenvalue weighted by Crippen LogP contribution is -2.37. The molecule has 0 aliphatic rings. The number of ketones is 1. The van der Waals surface area contributed by atoms with Gasteiger partial charge in [-0.1, -0.05) is 0 Å². The van der Waals surface area contributed by atoms with Crippen molar-refractivity contribution in [3.05, 3.63) is 79.0 Å². The molecular weight excluding hydrogens is 462 g/mol. The van der Waals surface area contributed by atoms with Crippen molar-refractivity contribution < 1.29 is 14.3 Å². The molecule has 3 aromatic heterocycles. The third-order valence-electron chi connectivity index (χ3n) is 5.88. The molecule has 1 aromatic carbocycles. The smallest absolute Gasteiger partial charge is 0.337 e. The molecule has 0 saturated carbocycles. The molecular formula is C23H22ClN5O5. The highest BCUT2D eigenvalue weighted by Crippen LogP contribution is 2.23. The third-order valence-corrected chi connectivity index (χ3v) is 6.17. The van der Waals surface area contributed by atoms with E-state index in [1.165, 1.54) is 30.3 Å². The van der Waals surface area contributed by atoms with Crippen molar-refractivity contribution in [2.75, 3.05) is 7.11 Å². The van der Waals surface area contributed by atoms with Crippen LogP contribution in [-0.4, -0.2) is 42.1 Å². The van der Waals surface area contributed by atoms with E-state index in [4.69, 9.17) is 16.3 Å². The van der Waals surface area contributed by atoms with E-state index in [0.29, 0.717) is 16.8 Å². The molecule has 0 amide bonds. The monoisotopic (exact) mass is 483 g/mol. The average Bonchev–Trinajstić information content (AvgIpc) is 3.31. The predicted molar refractivity (Wildman–Crippen MR) is 126 cm³/mol. The number of fused-ring (bicyclic) bond motifs is 1. The summed E-state index contributed by atoms with van der Waals surface area (Å²) in [5, 5.41) is -0.0612. The number of nitrogens with zero attached hydrogens (tertiary/aromatic N) is 5. The number of carbonyl (C=O) groups is 2. The van der Waals surface area contributed by atoms with E-state index in [0.717, 1.165) is 15.9 Å². The summed E-state index contributed by atoms with van der Waals surface area (Å²) in [6.07, 6.45) is 0. The van der Waals surface area contributed by atoms with E-state index >= 15 is 0 Å². The maximum absolute atomic E-state index is 13.3. The van der Waals surface area contributed by atoms with Crippen molar-refractivity contribution in [3.8, 4) is 5.69 Å². The van der Waals surface area contributed by atoms with E-state index in [2.05, 4.69) is 4.98 Å². The minimum absolute atomic E-state index is 0.0612. The highest BCUT2D eigenvalue weighted by Gasteiger charge is 2.23. The summed E-state index contributed by atoms with van der Waals surface area (Å²) < 4.78 is 10.1. The molecule has 4 aromatic rings. The second-order valence-corrected chi connectivity index (χ2v) is 8.26. The van der Waals surface area contributed by atoms with Gasteiger partial charge in [0.1, 0.15) is 0 Å². The summed E-state index contributed by atoms with van der Waals surface area (Å²) in [5.41, 5.74) is 2.22. The summed E-state index contributed by atoms with van der Waals surface area (Å²) in [7, 11) is 4.16. The normalized spacial score (nSPS) is 11.2. The van der Waals surface area contributed by atoms with Gasteiger partial charge in [-0.25, -0.2) is 9.59 Å². The summed E-state index contributed by atoms with van der Waals surface area (Å²) in [4.78, 5) is 54.1. The van der Waals surface area contributed by atoms with Crippen LogP contribution >= 0.6 is 11.6 Å². The molecule has 0 spiro atoms. The zero-order chi connectivity index (χ0) is 24.9. The molecule has 0 radical (unpaired) electrons. The Morgan fingerprint density at radius 2 is 1.71 bits per heavy atom. The zero-order valence-electron chi connectivity index (χ0n) is 19.2. The molecule has 0 atom stereocenters. The van der Waals surface area contributed by atoms with Gasteiger partial charge in [0.05, 0.1) is 19.2 Å². The SMILES string of the molecule is COC(=O)c1ccc(-n2c(C)cc(C(=O)Cn3c(Cl)nc4c3c(=O)n(C)c(=O)n4C)c2C)cc1. The van der Waals surface area contributed by atoms with Crippen molar-refractivity contribution in [2.24, 2.45) is 14.1 Å². The standard InChI is InChI=1S/C23H22ClN5O5/c1-12-10-16(13(2)29(12)15-8-6-14(7-9-15)21(32)34-5)17(30)11-28-18-19(25-22(28)24)26(3)23(33)27(4)20(18)31/h6-10H,11H2,1-5H3. The fourth-order valence-electron chi connectivity index (χ4n) is 4.10. The first-order valence-corrected chi connectivity index (χ1v) is 10.7. The number of benzene rings is 1. The molecule has 10 nitrogen and oxygen atoms in total. The highest BCUT2D eigenvalue weighted by molar-refractivity contribution is 6.29. The molecule has 3 heterocycles. The van der Waals surface area contributed by atoms with Crippen molar-refractivity contribution in [3.63, 3.8) is 0 Å². The van der Waals surface area contributed by atoms with Gasteiger partial charge in [-0.05, 0) is 55.8 Å². The predicted octanol–water partition coefficient (Wildman–Crippen LogP) is 2.16. The number of methoxy groups -OCH3 is 1. The lowest BCUT2D eigenvalue weighted by Gasteiger charge is -2.11. The van der Waals surface area contributed by atoms with Crippen LogP contribution in [0.1, 0.15) is 32.1 Å². The Hall–Kier alpha value is -3.92. The molecule has 0 bridgehead atoms. The van der Waals surface area contributed by atoms with Crippen LogP contribution in [0, 0.1) is 13.8 Å². The van der Waals surface area contributed by atoms with Crippen LogP contribution in [0.3, 0.4) is 0 Å². The van der Waals surface area contributed by atoms with Crippen LogP contribution in [-0.2, 0) is 25.4 Å². The zero-order valence-corrected chi connectivity index (χ0v) is 20.0. The molecule has 11 heteroatoms. The number of hydrogen-bond acceptors (Lipinski definition) is 6. The maximum atomic E-state index is 13.3. The molecule has 34 heavy (non-hydrogen) atoms. The van der Waals surface area contributed by atoms with Crippen LogP contribution in [0.25, 0.3) is 16.9 Å². The minimum Gasteiger partial charge on any atom is -0.465 e. The Labute approximate surface area is 198 Å². The van der Waals surface area contributed by atoms with Gasteiger partial charge in [-0.15, -0.1) is 0 Å². The summed E-state index contributed by atoms with van der Waals surface area (Å²) in [6.45, 7) is 3.45. The first-order chi connectivity index (χ1) is 16.1. The number of aromatic nitrogens is 5. The largest absolute Gasteiger partial charge is 0.465 e. The van der Waals surface area contributed by atoms with Crippen molar-refractivity contribution in [1.29, 1.82) is 0 Å². The van der Waals surface area contributed by atoms with E-state index in [9.17, 15) is 19.2 Å².